The molecule has 1 fully saturated rings. The van der Waals surface area contributed by atoms with E-state index in [2.05, 4.69) is 10.3 Å². The van der Waals surface area contributed by atoms with E-state index in [1.54, 1.807) is 43.8 Å². The predicted octanol–water partition coefficient (Wildman–Crippen LogP) is 6.82. The van der Waals surface area contributed by atoms with E-state index in [4.69, 9.17) is 47.5 Å². The second kappa shape index (κ2) is 13.3. The first-order valence-corrected chi connectivity index (χ1v) is 14.4. The highest BCUT2D eigenvalue weighted by atomic mass is 35.5. The maximum Gasteiger partial charge on any atom is 0.322 e. The van der Waals surface area contributed by atoms with Crippen LogP contribution in [0, 0.1) is 0 Å². The molecule has 0 radical (unpaired) electrons. The van der Waals surface area contributed by atoms with Gasteiger partial charge in [-0.1, -0.05) is 36.0 Å². The number of hydrogen-bond donors (Lipinski definition) is 1. The lowest BCUT2D eigenvalue weighted by Gasteiger charge is -2.29. The molecule has 10 nitrogen and oxygen atoms in total. The van der Waals surface area contributed by atoms with Gasteiger partial charge in [-0.05, 0) is 49.2 Å². The summed E-state index contributed by atoms with van der Waals surface area (Å²) in [5, 5.41) is 8.66. The molecule has 220 valence electrons. The monoisotopic (exact) mass is 610 g/mol. The summed E-state index contributed by atoms with van der Waals surface area (Å²) >= 11 is 12.8. The van der Waals surface area contributed by atoms with Crippen LogP contribution in [0.2, 0.25) is 10.0 Å². The zero-order chi connectivity index (χ0) is 29.6. The molecule has 2 aromatic heterocycles. The summed E-state index contributed by atoms with van der Waals surface area (Å²) in [4.78, 5) is 24.6. The van der Waals surface area contributed by atoms with Crippen molar-refractivity contribution >= 4 is 34.9 Å². The Labute approximate surface area is 254 Å². The SMILES string of the molecule is COc1ccc(-c2nc(-c3ccncc3)nn2CCN(C(=O)Nc2cc(Cl)c(OC)cc2OC)C2CCCC2)cc1Cl. The first kappa shape index (κ1) is 29.5. The van der Waals surface area contributed by atoms with Gasteiger partial charge in [-0.2, -0.15) is 5.10 Å². The number of aromatic nitrogens is 4. The van der Waals surface area contributed by atoms with E-state index < -0.39 is 0 Å². The first-order chi connectivity index (χ1) is 20.4. The molecule has 0 unspecified atom stereocenters. The van der Waals surface area contributed by atoms with E-state index >= 15 is 0 Å². The summed E-state index contributed by atoms with van der Waals surface area (Å²) in [6.07, 6.45) is 7.38. The number of ether oxygens (including phenoxy) is 3. The van der Waals surface area contributed by atoms with Gasteiger partial charge in [-0.15, -0.1) is 0 Å². The van der Waals surface area contributed by atoms with Crippen LogP contribution in [0.15, 0.2) is 54.9 Å². The molecule has 5 rings (SSSR count). The topological polar surface area (TPSA) is 104 Å². The summed E-state index contributed by atoms with van der Waals surface area (Å²) < 4.78 is 17.9. The highest BCUT2D eigenvalue weighted by molar-refractivity contribution is 6.32. The number of rotatable bonds is 10. The van der Waals surface area contributed by atoms with E-state index in [0.29, 0.717) is 57.7 Å². The molecule has 0 atom stereocenters. The van der Waals surface area contributed by atoms with Crippen molar-refractivity contribution < 1.29 is 19.0 Å². The van der Waals surface area contributed by atoms with Crippen LogP contribution in [0.4, 0.5) is 10.5 Å². The van der Waals surface area contributed by atoms with Crippen LogP contribution in [0.5, 0.6) is 17.2 Å². The van der Waals surface area contributed by atoms with Crippen LogP contribution in [-0.4, -0.2) is 64.6 Å². The largest absolute Gasteiger partial charge is 0.495 e. The van der Waals surface area contributed by atoms with E-state index in [9.17, 15) is 4.79 Å². The van der Waals surface area contributed by atoms with Gasteiger partial charge >= 0.3 is 6.03 Å². The van der Waals surface area contributed by atoms with Crippen LogP contribution in [-0.2, 0) is 6.54 Å². The predicted molar refractivity (Wildman–Crippen MR) is 163 cm³/mol. The molecular formula is C30H32Cl2N6O4. The van der Waals surface area contributed by atoms with Gasteiger partial charge < -0.3 is 24.4 Å². The number of methoxy groups -OCH3 is 3. The number of amides is 2. The molecule has 2 amide bonds. The molecule has 0 spiro atoms. The lowest BCUT2D eigenvalue weighted by Crippen LogP contribution is -2.43. The number of hydrogen-bond acceptors (Lipinski definition) is 7. The van der Waals surface area contributed by atoms with Gasteiger partial charge in [-0.25, -0.2) is 14.5 Å². The number of halogens is 2. The summed E-state index contributed by atoms with van der Waals surface area (Å²) in [7, 11) is 4.63. The zero-order valence-corrected chi connectivity index (χ0v) is 25.2. The summed E-state index contributed by atoms with van der Waals surface area (Å²) in [5.41, 5.74) is 2.08. The number of carbonyl (C=O) groups is 1. The molecule has 1 aliphatic rings. The van der Waals surface area contributed by atoms with Crippen molar-refractivity contribution in [2.75, 3.05) is 33.2 Å². The molecule has 1 N–H and O–H groups in total. The maximum absolute atomic E-state index is 13.8. The van der Waals surface area contributed by atoms with Crippen molar-refractivity contribution in [2.24, 2.45) is 0 Å². The Hall–Kier alpha value is -4.02. The van der Waals surface area contributed by atoms with E-state index in [1.807, 2.05) is 27.8 Å². The Kier molecular flexibility index (Phi) is 9.34. The van der Waals surface area contributed by atoms with Crippen molar-refractivity contribution in [2.45, 2.75) is 38.3 Å². The fraction of sp³-hybridized carbons (Fsp3) is 0.333. The van der Waals surface area contributed by atoms with Crippen molar-refractivity contribution in [3.8, 4) is 40.0 Å². The molecule has 2 heterocycles. The number of pyridine rings is 1. The van der Waals surface area contributed by atoms with E-state index in [-0.39, 0.29) is 12.1 Å². The third-order valence-electron chi connectivity index (χ3n) is 7.31. The van der Waals surface area contributed by atoms with Crippen LogP contribution < -0.4 is 19.5 Å². The Morgan fingerprint density at radius 3 is 2.29 bits per heavy atom. The Balaban J connectivity index is 1.45. The average Bonchev–Trinajstić information content (AvgIpc) is 3.69. The molecule has 1 saturated carbocycles. The standard InChI is InChI=1S/C30H32Cl2N6O4/c1-40-25-9-8-20(16-22(25)31)29-35-28(19-10-12-33-13-11-19)36-38(29)15-14-37(21-6-4-5-7-21)30(39)34-24-17-23(32)26(41-2)18-27(24)42-3/h8-13,16-18,21H,4-7,14-15H2,1-3H3,(H,34,39). The molecule has 4 aromatic rings. The van der Waals surface area contributed by atoms with Crippen LogP contribution in [0.3, 0.4) is 0 Å². The van der Waals surface area contributed by atoms with E-state index in [0.717, 1.165) is 36.8 Å². The zero-order valence-electron chi connectivity index (χ0n) is 23.6. The minimum absolute atomic E-state index is 0.0896. The van der Waals surface area contributed by atoms with Crippen molar-refractivity contribution in [3.63, 3.8) is 0 Å². The quantitative estimate of drug-likeness (QED) is 0.210. The van der Waals surface area contributed by atoms with Crippen molar-refractivity contribution in [1.29, 1.82) is 0 Å². The average molecular weight is 612 g/mol. The first-order valence-electron chi connectivity index (χ1n) is 13.6. The highest BCUT2D eigenvalue weighted by Crippen LogP contribution is 2.36. The second-order valence-electron chi connectivity index (χ2n) is 9.82. The minimum atomic E-state index is -0.245. The molecule has 12 heteroatoms. The highest BCUT2D eigenvalue weighted by Gasteiger charge is 2.28. The smallest absolute Gasteiger partial charge is 0.322 e. The Bertz CT molecular complexity index is 1540. The summed E-state index contributed by atoms with van der Waals surface area (Å²) in [6, 6.07) is 12.3. The molecule has 0 bridgehead atoms. The number of nitrogens with zero attached hydrogens (tertiary/aromatic N) is 5. The van der Waals surface area contributed by atoms with Gasteiger partial charge in [0.25, 0.3) is 0 Å². The third kappa shape index (κ3) is 6.39. The minimum Gasteiger partial charge on any atom is -0.495 e. The number of urea groups is 1. The lowest BCUT2D eigenvalue weighted by molar-refractivity contribution is 0.184. The van der Waals surface area contributed by atoms with Crippen molar-refractivity contribution in [1.82, 2.24) is 24.6 Å². The molecule has 42 heavy (non-hydrogen) atoms. The summed E-state index contributed by atoms with van der Waals surface area (Å²) in [6.45, 7) is 0.806. The maximum atomic E-state index is 13.8. The van der Waals surface area contributed by atoms with Crippen LogP contribution >= 0.6 is 23.2 Å². The molecule has 0 saturated heterocycles. The van der Waals surface area contributed by atoms with Crippen LogP contribution in [0.25, 0.3) is 22.8 Å². The summed E-state index contributed by atoms with van der Waals surface area (Å²) in [5.74, 6) is 2.66. The van der Waals surface area contributed by atoms with Gasteiger partial charge in [0.2, 0.25) is 0 Å². The van der Waals surface area contributed by atoms with Gasteiger partial charge in [-0.3, -0.25) is 4.98 Å². The molecule has 2 aromatic carbocycles. The number of benzene rings is 2. The second-order valence-corrected chi connectivity index (χ2v) is 10.6. The fourth-order valence-electron chi connectivity index (χ4n) is 5.15. The lowest BCUT2D eigenvalue weighted by atomic mass is 10.2. The van der Waals surface area contributed by atoms with Gasteiger partial charge in [0.1, 0.15) is 17.2 Å². The number of anilines is 1. The Morgan fingerprint density at radius 1 is 0.929 bits per heavy atom. The van der Waals surface area contributed by atoms with Gasteiger partial charge in [0.05, 0.1) is 43.6 Å². The van der Waals surface area contributed by atoms with Gasteiger partial charge in [0.15, 0.2) is 11.6 Å². The van der Waals surface area contributed by atoms with Crippen molar-refractivity contribution in [3.05, 3.63) is 64.9 Å². The fourth-order valence-corrected chi connectivity index (χ4v) is 5.65. The number of carbonyl (C=O) groups excluding carboxylic acids is 1. The van der Waals surface area contributed by atoms with Gasteiger partial charge in [0, 0.05) is 42.2 Å². The molecule has 0 aliphatic heterocycles. The number of nitrogens with one attached hydrogen (secondary N) is 1. The van der Waals surface area contributed by atoms with E-state index in [1.165, 1.54) is 14.2 Å². The molecular weight excluding hydrogens is 579 g/mol. The van der Waals surface area contributed by atoms with Crippen LogP contribution in [0.1, 0.15) is 25.7 Å². The normalized spacial score (nSPS) is 13.2. The Morgan fingerprint density at radius 2 is 1.62 bits per heavy atom. The third-order valence-corrected chi connectivity index (χ3v) is 7.91. The molecule has 1 aliphatic carbocycles.